The number of hydrogen-bond acceptors (Lipinski definition) is 1. The average molecular weight is 204 g/mol. The van der Waals surface area contributed by atoms with Crippen molar-refractivity contribution in [3.8, 4) is 0 Å². The van der Waals surface area contributed by atoms with Crippen LogP contribution in [0.1, 0.15) is 49.7 Å². The van der Waals surface area contributed by atoms with E-state index in [1.807, 2.05) is 0 Å². The fourth-order valence-corrected chi connectivity index (χ4v) is 2.50. The van der Waals surface area contributed by atoms with E-state index in [0.29, 0.717) is 5.92 Å². The first-order valence-corrected chi connectivity index (χ1v) is 6.08. The minimum atomic E-state index is -0.119. The largest absolute Gasteiger partial charge is 0.392 e. The van der Waals surface area contributed by atoms with E-state index in [0.717, 1.165) is 19.3 Å². The Morgan fingerprint density at radius 3 is 2.40 bits per heavy atom. The molecule has 1 aliphatic rings. The molecule has 0 bridgehead atoms. The summed E-state index contributed by atoms with van der Waals surface area (Å²) in [5.41, 5.74) is 2.70. The van der Waals surface area contributed by atoms with Gasteiger partial charge in [-0.05, 0) is 30.4 Å². The van der Waals surface area contributed by atoms with Crippen LogP contribution in [0.4, 0.5) is 0 Å². The highest BCUT2D eigenvalue weighted by atomic mass is 16.3. The van der Waals surface area contributed by atoms with Gasteiger partial charge in [0.15, 0.2) is 0 Å². The molecule has 1 saturated carbocycles. The third-order valence-electron chi connectivity index (χ3n) is 3.55. The summed E-state index contributed by atoms with van der Waals surface area (Å²) in [5.74, 6) is 0.379. The summed E-state index contributed by atoms with van der Waals surface area (Å²) < 4.78 is 0. The molecule has 0 heterocycles. The lowest BCUT2D eigenvalue weighted by Crippen LogP contribution is -2.22. The van der Waals surface area contributed by atoms with Crippen LogP contribution in [0.3, 0.4) is 0 Å². The van der Waals surface area contributed by atoms with E-state index in [1.54, 1.807) is 0 Å². The van der Waals surface area contributed by atoms with Crippen LogP contribution >= 0.6 is 0 Å². The highest BCUT2D eigenvalue weighted by Gasteiger charge is 2.24. The zero-order valence-corrected chi connectivity index (χ0v) is 9.45. The molecule has 82 valence electrons. The summed E-state index contributed by atoms with van der Waals surface area (Å²) in [6.45, 7) is 2.17. The second-order valence-corrected chi connectivity index (χ2v) is 4.55. The van der Waals surface area contributed by atoms with E-state index in [4.69, 9.17) is 0 Å². The normalized spacial score (nSPS) is 26.5. The first-order chi connectivity index (χ1) is 7.31. The van der Waals surface area contributed by atoms with E-state index in [2.05, 4.69) is 31.2 Å². The third kappa shape index (κ3) is 2.40. The summed E-state index contributed by atoms with van der Waals surface area (Å²) in [4.78, 5) is 0. The maximum absolute atomic E-state index is 9.95. The second kappa shape index (κ2) is 4.80. The van der Waals surface area contributed by atoms with Crippen LogP contribution in [0.25, 0.3) is 0 Å². The number of aliphatic hydroxyl groups excluding tert-OH is 1. The van der Waals surface area contributed by atoms with Crippen molar-refractivity contribution in [2.75, 3.05) is 0 Å². The molecule has 1 fully saturated rings. The van der Waals surface area contributed by atoms with Gasteiger partial charge < -0.3 is 5.11 Å². The van der Waals surface area contributed by atoms with E-state index in [1.165, 1.54) is 24.0 Å². The van der Waals surface area contributed by atoms with Crippen molar-refractivity contribution in [3.05, 3.63) is 35.4 Å². The number of aliphatic hydroxyl groups is 1. The topological polar surface area (TPSA) is 20.2 Å². The summed E-state index contributed by atoms with van der Waals surface area (Å²) >= 11 is 0. The number of rotatable bonds is 2. The van der Waals surface area contributed by atoms with Crippen LogP contribution < -0.4 is 0 Å². The van der Waals surface area contributed by atoms with Crippen molar-refractivity contribution in [2.24, 2.45) is 0 Å². The Hall–Kier alpha value is -0.820. The maximum Gasteiger partial charge on any atom is 0.0608 e. The molecule has 0 unspecified atom stereocenters. The van der Waals surface area contributed by atoms with Gasteiger partial charge in [-0.15, -0.1) is 0 Å². The Kier molecular flexibility index (Phi) is 3.42. The molecule has 0 spiro atoms. The highest BCUT2D eigenvalue weighted by Crippen LogP contribution is 2.32. The molecule has 0 aromatic heterocycles. The molecule has 2 atom stereocenters. The molecule has 1 aromatic rings. The quantitative estimate of drug-likeness (QED) is 0.784. The van der Waals surface area contributed by atoms with Crippen molar-refractivity contribution >= 4 is 0 Å². The Labute approximate surface area is 92.1 Å². The van der Waals surface area contributed by atoms with Crippen molar-refractivity contribution in [2.45, 2.75) is 51.0 Å². The summed E-state index contributed by atoms with van der Waals surface area (Å²) in [7, 11) is 0. The molecular formula is C14H20O. The molecule has 1 N–H and O–H groups in total. The zero-order chi connectivity index (χ0) is 10.7. The lowest BCUT2D eigenvalue weighted by Gasteiger charge is -2.28. The van der Waals surface area contributed by atoms with E-state index < -0.39 is 0 Å². The van der Waals surface area contributed by atoms with E-state index in [9.17, 15) is 5.11 Å². The monoisotopic (exact) mass is 204 g/mol. The summed E-state index contributed by atoms with van der Waals surface area (Å²) in [6, 6.07) is 8.77. The molecule has 0 aliphatic heterocycles. The van der Waals surface area contributed by atoms with Gasteiger partial charge >= 0.3 is 0 Å². The standard InChI is InChI=1S/C14H20O/c1-2-11-7-9-12(10-8-11)13-5-3-4-6-14(13)15/h7-10,13-15H,2-6H2,1H3/t13-,14-/m0/s1. The van der Waals surface area contributed by atoms with Crippen molar-refractivity contribution < 1.29 is 5.11 Å². The summed E-state index contributed by atoms with van der Waals surface area (Å²) in [6.07, 6.45) is 5.54. The molecule has 0 radical (unpaired) electrons. The molecule has 15 heavy (non-hydrogen) atoms. The molecule has 1 heteroatoms. The Balaban J connectivity index is 2.13. The highest BCUT2D eigenvalue weighted by molar-refractivity contribution is 5.26. The van der Waals surface area contributed by atoms with Crippen LogP contribution in [0.5, 0.6) is 0 Å². The molecular weight excluding hydrogens is 184 g/mol. The average Bonchev–Trinajstić information content (AvgIpc) is 2.30. The maximum atomic E-state index is 9.95. The number of hydrogen-bond donors (Lipinski definition) is 1. The van der Waals surface area contributed by atoms with Crippen LogP contribution in [0.15, 0.2) is 24.3 Å². The minimum absolute atomic E-state index is 0.119. The predicted octanol–water partition coefficient (Wildman–Crippen LogP) is 3.27. The lowest BCUT2D eigenvalue weighted by atomic mass is 9.81. The number of aryl methyl sites for hydroxylation is 1. The van der Waals surface area contributed by atoms with Gasteiger partial charge in [-0.2, -0.15) is 0 Å². The van der Waals surface area contributed by atoms with Gasteiger partial charge in [0.25, 0.3) is 0 Å². The van der Waals surface area contributed by atoms with Gasteiger partial charge in [-0.1, -0.05) is 44.0 Å². The first-order valence-electron chi connectivity index (χ1n) is 6.08. The molecule has 2 rings (SSSR count). The number of benzene rings is 1. The lowest BCUT2D eigenvalue weighted by molar-refractivity contribution is 0.106. The van der Waals surface area contributed by atoms with Crippen LogP contribution in [0, 0.1) is 0 Å². The van der Waals surface area contributed by atoms with Gasteiger partial charge in [0.1, 0.15) is 0 Å². The fourth-order valence-electron chi connectivity index (χ4n) is 2.50. The summed E-state index contributed by atoms with van der Waals surface area (Å²) in [5, 5.41) is 9.95. The second-order valence-electron chi connectivity index (χ2n) is 4.55. The van der Waals surface area contributed by atoms with Gasteiger partial charge in [0.05, 0.1) is 6.10 Å². The Morgan fingerprint density at radius 2 is 1.80 bits per heavy atom. The van der Waals surface area contributed by atoms with Crippen LogP contribution in [0.2, 0.25) is 0 Å². The zero-order valence-electron chi connectivity index (χ0n) is 9.45. The van der Waals surface area contributed by atoms with Crippen molar-refractivity contribution in [3.63, 3.8) is 0 Å². The van der Waals surface area contributed by atoms with Crippen molar-refractivity contribution in [1.29, 1.82) is 0 Å². The van der Waals surface area contributed by atoms with Gasteiger partial charge in [0, 0.05) is 5.92 Å². The van der Waals surface area contributed by atoms with Gasteiger partial charge in [-0.3, -0.25) is 0 Å². The van der Waals surface area contributed by atoms with E-state index in [-0.39, 0.29) is 6.10 Å². The Morgan fingerprint density at radius 1 is 1.13 bits per heavy atom. The first kappa shape index (κ1) is 10.7. The third-order valence-corrected chi connectivity index (χ3v) is 3.55. The fraction of sp³-hybridized carbons (Fsp3) is 0.571. The van der Waals surface area contributed by atoms with Crippen molar-refractivity contribution in [1.82, 2.24) is 0 Å². The molecule has 1 nitrogen and oxygen atoms in total. The SMILES string of the molecule is CCc1ccc([C@@H]2CCCC[C@@H]2O)cc1. The smallest absolute Gasteiger partial charge is 0.0608 e. The Bertz CT molecular complexity index is 302. The van der Waals surface area contributed by atoms with E-state index >= 15 is 0 Å². The molecule has 1 aromatic carbocycles. The molecule has 0 saturated heterocycles. The van der Waals surface area contributed by atoms with Gasteiger partial charge in [-0.25, -0.2) is 0 Å². The molecule has 1 aliphatic carbocycles. The predicted molar refractivity (Wildman–Crippen MR) is 63.0 cm³/mol. The van der Waals surface area contributed by atoms with Gasteiger partial charge in [0.2, 0.25) is 0 Å². The minimum Gasteiger partial charge on any atom is -0.392 e. The van der Waals surface area contributed by atoms with Crippen LogP contribution in [-0.4, -0.2) is 11.2 Å². The molecule has 0 amide bonds. The van der Waals surface area contributed by atoms with Crippen LogP contribution in [-0.2, 0) is 6.42 Å².